The molecule has 0 bridgehead atoms. The predicted molar refractivity (Wildman–Crippen MR) is 87.8 cm³/mol. The first kappa shape index (κ1) is 23.7. The van der Waals surface area contributed by atoms with Gasteiger partial charge in [-0.15, -0.1) is 0 Å². The standard InChI is InChI=1S/C15H18N3O7P/c16-7-13(10-19)1-4-23-26(22,24-5-2-14(8-17)11-20)25-6-3-15(9-18)12-21/h1-3,19-21H,4-6,10-12H2/b13-1+,14-2+,15-3+. The van der Waals surface area contributed by atoms with Crippen molar-refractivity contribution < 1.29 is 33.5 Å². The van der Waals surface area contributed by atoms with Crippen LogP contribution in [0.2, 0.25) is 0 Å². The maximum Gasteiger partial charge on any atom is 0.475 e. The number of phosphoric ester groups is 1. The Morgan fingerprint density at radius 3 is 1.19 bits per heavy atom. The number of phosphoric acid groups is 1. The van der Waals surface area contributed by atoms with Crippen LogP contribution in [-0.2, 0) is 18.1 Å². The highest BCUT2D eigenvalue weighted by Crippen LogP contribution is 2.49. The molecule has 0 heterocycles. The van der Waals surface area contributed by atoms with Gasteiger partial charge in [0.15, 0.2) is 0 Å². The number of hydrogen-bond acceptors (Lipinski definition) is 10. The van der Waals surface area contributed by atoms with Gasteiger partial charge in [0.05, 0.1) is 74.6 Å². The highest BCUT2D eigenvalue weighted by molar-refractivity contribution is 7.48. The molecule has 0 radical (unpaired) electrons. The fraction of sp³-hybridized carbons (Fsp3) is 0.400. The Bertz CT molecular complexity index is 615. The van der Waals surface area contributed by atoms with Gasteiger partial charge in [0.1, 0.15) is 0 Å². The summed E-state index contributed by atoms with van der Waals surface area (Å²) in [6.45, 7) is -2.69. The molecule has 11 heteroatoms. The quantitative estimate of drug-likeness (QED) is 0.317. The van der Waals surface area contributed by atoms with Crippen LogP contribution in [0.3, 0.4) is 0 Å². The Morgan fingerprint density at radius 2 is 1.00 bits per heavy atom. The van der Waals surface area contributed by atoms with Crippen LogP contribution in [0.1, 0.15) is 0 Å². The van der Waals surface area contributed by atoms with Crippen LogP contribution >= 0.6 is 7.82 Å². The fourth-order valence-electron chi connectivity index (χ4n) is 1.24. The van der Waals surface area contributed by atoms with E-state index in [1.807, 2.05) is 0 Å². The third-order valence-corrected chi connectivity index (χ3v) is 4.02. The lowest BCUT2D eigenvalue weighted by Gasteiger charge is -2.16. The summed E-state index contributed by atoms with van der Waals surface area (Å²) in [4.78, 5) is 0. The van der Waals surface area contributed by atoms with Crippen LogP contribution in [0, 0.1) is 34.0 Å². The summed E-state index contributed by atoms with van der Waals surface area (Å²) >= 11 is 0. The molecule has 0 aromatic rings. The van der Waals surface area contributed by atoms with Gasteiger partial charge in [0, 0.05) is 0 Å². The van der Waals surface area contributed by atoms with E-state index >= 15 is 0 Å². The van der Waals surface area contributed by atoms with Crippen molar-refractivity contribution in [1.82, 2.24) is 0 Å². The van der Waals surface area contributed by atoms with Gasteiger partial charge < -0.3 is 15.3 Å². The first-order valence-corrected chi connectivity index (χ1v) is 8.58. The summed E-state index contributed by atoms with van der Waals surface area (Å²) in [5.74, 6) is 0. The maximum atomic E-state index is 12.5. The molecule has 0 atom stereocenters. The molecule has 0 aromatic heterocycles. The molecule has 0 saturated heterocycles. The predicted octanol–water partition coefficient (Wildman–Crippen LogP) is 0.471. The van der Waals surface area contributed by atoms with Crippen molar-refractivity contribution in [1.29, 1.82) is 15.8 Å². The minimum absolute atomic E-state index is 0.0181. The van der Waals surface area contributed by atoms with E-state index in [0.29, 0.717) is 0 Å². The van der Waals surface area contributed by atoms with E-state index in [0.717, 1.165) is 0 Å². The van der Waals surface area contributed by atoms with Crippen molar-refractivity contribution in [3.8, 4) is 18.2 Å². The zero-order valence-electron chi connectivity index (χ0n) is 13.7. The Labute approximate surface area is 150 Å². The summed E-state index contributed by atoms with van der Waals surface area (Å²) in [5.41, 5.74) is -0.0543. The molecule has 0 unspecified atom stereocenters. The average molecular weight is 383 g/mol. The maximum absolute atomic E-state index is 12.5. The summed E-state index contributed by atoms with van der Waals surface area (Å²) in [5, 5.41) is 52.6. The Morgan fingerprint density at radius 1 is 0.731 bits per heavy atom. The lowest BCUT2D eigenvalue weighted by Crippen LogP contribution is -2.03. The van der Waals surface area contributed by atoms with Gasteiger partial charge in [-0.1, -0.05) is 0 Å². The molecule has 0 saturated carbocycles. The van der Waals surface area contributed by atoms with Crippen molar-refractivity contribution in [2.24, 2.45) is 0 Å². The highest BCUT2D eigenvalue weighted by atomic mass is 31.2. The summed E-state index contributed by atoms with van der Waals surface area (Å²) in [6, 6.07) is 5.09. The smallest absolute Gasteiger partial charge is 0.391 e. The molecule has 3 N–H and O–H groups in total. The number of nitrogens with zero attached hydrogens (tertiary/aromatic N) is 3. The van der Waals surface area contributed by atoms with E-state index in [4.69, 9.17) is 44.7 Å². The van der Waals surface area contributed by atoms with Crippen LogP contribution < -0.4 is 0 Å². The molecule has 0 fully saturated rings. The minimum Gasteiger partial charge on any atom is -0.391 e. The number of rotatable bonds is 12. The van der Waals surface area contributed by atoms with Gasteiger partial charge in [0.25, 0.3) is 0 Å². The lowest BCUT2D eigenvalue weighted by atomic mass is 10.3. The van der Waals surface area contributed by atoms with Gasteiger partial charge >= 0.3 is 7.82 Å². The second-order valence-corrected chi connectivity index (χ2v) is 6.00. The van der Waals surface area contributed by atoms with Crippen molar-refractivity contribution >= 4 is 7.82 Å². The topological polar surface area (TPSA) is 177 Å². The van der Waals surface area contributed by atoms with E-state index in [-0.39, 0.29) is 36.5 Å². The summed E-state index contributed by atoms with van der Waals surface area (Å²) in [7, 11) is -4.16. The SMILES string of the molecule is N#C/C(=C\COP(=O)(OC/C=C(\C#N)CO)OC/C=C(\C#N)CO)CO. The monoisotopic (exact) mass is 383 g/mol. The van der Waals surface area contributed by atoms with E-state index in [9.17, 15) is 4.57 Å². The zero-order chi connectivity index (χ0) is 19.8. The van der Waals surface area contributed by atoms with Crippen molar-refractivity contribution in [2.75, 3.05) is 39.6 Å². The van der Waals surface area contributed by atoms with Crippen LogP contribution in [-0.4, -0.2) is 55.0 Å². The molecular weight excluding hydrogens is 365 g/mol. The minimum atomic E-state index is -4.16. The van der Waals surface area contributed by atoms with Crippen LogP contribution in [0.15, 0.2) is 34.9 Å². The molecule has 0 aliphatic carbocycles. The number of aliphatic hydroxyl groups excluding tert-OH is 3. The van der Waals surface area contributed by atoms with Gasteiger partial charge in [-0.05, 0) is 18.2 Å². The van der Waals surface area contributed by atoms with Gasteiger partial charge in [-0.3, -0.25) is 13.6 Å². The van der Waals surface area contributed by atoms with Gasteiger partial charge in [-0.2, -0.15) is 15.8 Å². The molecule has 140 valence electrons. The molecule has 0 aliphatic heterocycles. The molecule has 0 aliphatic rings. The molecular formula is C15H18N3O7P. The lowest BCUT2D eigenvalue weighted by molar-refractivity contribution is 0.140. The van der Waals surface area contributed by atoms with Crippen molar-refractivity contribution in [2.45, 2.75) is 0 Å². The molecule has 10 nitrogen and oxygen atoms in total. The number of nitriles is 3. The first-order valence-electron chi connectivity index (χ1n) is 7.12. The Balaban J connectivity index is 5.05. The normalized spacial score (nSPS) is 13.0. The van der Waals surface area contributed by atoms with Gasteiger partial charge in [0.2, 0.25) is 0 Å². The van der Waals surface area contributed by atoms with E-state index < -0.39 is 27.6 Å². The summed E-state index contributed by atoms with van der Waals surface area (Å²) in [6.07, 6.45) is 3.52. The molecule has 0 spiro atoms. The number of aliphatic hydroxyl groups is 3. The first-order chi connectivity index (χ1) is 12.5. The van der Waals surface area contributed by atoms with Gasteiger partial charge in [-0.25, -0.2) is 4.57 Å². The molecule has 0 amide bonds. The van der Waals surface area contributed by atoms with E-state index in [2.05, 4.69) is 0 Å². The fourth-order valence-corrected chi connectivity index (χ4v) is 2.23. The Kier molecular flexibility index (Phi) is 12.7. The van der Waals surface area contributed by atoms with Crippen molar-refractivity contribution in [3.63, 3.8) is 0 Å². The Hall–Kier alpha value is -2.32. The number of hydrogen-bond donors (Lipinski definition) is 3. The zero-order valence-corrected chi connectivity index (χ0v) is 14.6. The second-order valence-electron chi connectivity index (χ2n) is 4.33. The molecule has 26 heavy (non-hydrogen) atoms. The van der Waals surface area contributed by atoms with Crippen LogP contribution in [0.5, 0.6) is 0 Å². The van der Waals surface area contributed by atoms with Crippen LogP contribution in [0.25, 0.3) is 0 Å². The van der Waals surface area contributed by atoms with Crippen molar-refractivity contribution in [3.05, 3.63) is 34.9 Å². The van der Waals surface area contributed by atoms with E-state index in [1.165, 1.54) is 18.2 Å². The third-order valence-electron chi connectivity index (χ3n) is 2.63. The third kappa shape index (κ3) is 9.85. The highest BCUT2D eigenvalue weighted by Gasteiger charge is 2.25. The second kappa shape index (κ2) is 13.9. The van der Waals surface area contributed by atoms with Crippen LogP contribution in [0.4, 0.5) is 0 Å². The molecule has 0 rings (SSSR count). The molecule has 0 aromatic carbocycles. The largest absolute Gasteiger partial charge is 0.475 e. The summed E-state index contributed by atoms with van der Waals surface area (Å²) < 4.78 is 27.5. The average Bonchev–Trinajstić information content (AvgIpc) is 2.66. The van der Waals surface area contributed by atoms with E-state index in [1.54, 1.807) is 18.2 Å².